The van der Waals surface area contributed by atoms with E-state index in [1.807, 2.05) is 20.9 Å². The van der Waals surface area contributed by atoms with Gasteiger partial charge in [-0.1, -0.05) is 6.92 Å². The highest BCUT2D eigenvalue weighted by atomic mass is 32.1. The number of rotatable bonds is 2. The number of imidazole rings is 1. The third-order valence-corrected chi connectivity index (χ3v) is 4.32. The topological polar surface area (TPSA) is 40.8 Å². The number of likely N-dealkylation sites (N-methyl/N-ethyl adjacent to an activating group) is 1. The summed E-state index contributed by atoms with van der Waals surface area (Å²) in [6.07, 6.45) is 3.58. The summed E-state index contributed by atoms with van der Waals surface area (Å²) in [5.74, 6) is 0.120. The molecule has 96 valence electrons. The van der Waals surface area contributed by atoms with Gasteiger partial charge < -0.3 is 9.80 Å². The Morgan fingerprint density at radius 1 is 1.39 bits per heavy atom. The molecule has 0 bridgehead atoms. The van der Waals surface area contributed by atoms with Crippen LogP contribution in [0, 0.1) is 0 Å². The maximum Gasteiger partial charge on any atom is 0.271 e. The Kier molecular flexibility index (Phi) is 3.05. The molecule has 1 saturated heterocycles. The minimum absolute atomic E-state index is 0.120. The Labute approximate surface area is 110 Å². The fourth-order valence-corrected chi connectivity index (χ4v) is 3.13. The van der Waals surface area contributed by atoms with Crippen molar-refractivity contribution in [2.24, 2.45) is 0 Å². The molecule has 3 heterocycles. The lowest BCUT2D eigenvalue weighted by atomic mass is 10.3. The van der Waals surface area contributed by atoms with Crippen LogP contribution in [0.25, 0.3) is 4.96 Å². The van der Waals surface area contributed by atoms with Crippen LogP contribution in [0.2, 0.25) is 0 Å². The molecule has 1 aliphatic heterocycles. The Morgan fingerprint density at radius 2 is 2.17 bits per heavy atom. The monoisotopic (exact) mass is 264 g/mol. The van der Waals surface area contributed by atoms with Crippen molar-refractivity contribution < 1.29 is 4.79 Å². The van der Waals surface area contributed by atoms with Gasteiger partial charge in [0.05, 0.1) is 0 Å². The number of carbonyl (C=O) groups excluding carboxylic acids is 1. The van der Waals surface area contributed by atoms with E-state index in [2.05, 4.69) is 16.8 Å². The first-order valence-corrected chi connectivity index (χ1v) is 7.09. The average Bonchev–Trinajstić information content (AvgIpc) is 3.00. The number of piperazine rings is 1. The van der Waals surface area contributed by atoms with Crippen LogP contribution >= 0.6 is 11.3 Å². The van der Waals surface area contributed by atoms with E-state index in [1.165, 1.54) is 11.3 Å². The molecule has 1 fully saturated rings. The molecule has 6 heteroatoms. The van der Waals surface area contributed by atoms with Crippen molar-refractivity contribution in [3.63, 3.8) is 0 Å². The number of fused-ring (bicyclic) bond motifs is 1. The third kappa shape index (κ3) is 1.91. The lowest BCUT2D eigenvalue weighted by Gasteiger charge is -2.33. The van der Waals surface area contributed by atoms with Crippen molar-refractivity contribution >= 4 is 22.2 Å². The van der Waals surface area contributed by atoms with Gasteiger partial charge in [0.25, 0.3) is 5.91 Å². The molecule has 1 aliphatic rings. The van der Waals surface area contributed by atoms with Crippen LogP contribution in [0.1, 0.15) is 17.4 Å². The van der Waals surface area contributed by atoms with Crippen LogP contribution in [-0.4, -0.2) is 57.8 Å². The zero-order valence-electron chi connectivity index (χ0n) is 10.4. The van der Waals surface area contributed by atoms with E-state index in [0.29, 0.717) is 0 Å². The molecule has 0 saturated carbocycles. The first kappa shape index (κ1) is 11.7. The molecule has 0 N–H and O–H groups in total. The van der Waals surface area contributed by atoms with Crippen molar-refractivity contribution in [2.45, 2.75) is 6.92 Å². The van der Waals surface area contributed by atoms with Gasteiger partial charge in [-0.15, -0.1) is 11.3 Å². The van der Waals surface area contributed by atoms with Gasteiger partial charge in [0.1, 0.15) is 5.69 Å². The van der Waals surface area contributed by atoms with Crippen LogP contribution in [-0.2, 0) is 0 Å². The summed E-state index contributed by atoms with van der Waals surface area (Å²) < 4.78 is 1.87. The van der Waals surface area contributed by atoms with E-state index in [9.17, 15) is 4.79 Å². The molecule has 3 rings (SSSR count). The van der Waals surface area contributed by atoms with Crippen molar-refractivity contribution in [1.82, 2.24) is 19.2 Å². The second-order valence-electron chi connectivity index (χ2n) is 4.43. The van der Waals surface area contributed by atoms with Crippen LogP contribution in [0.3, 0.4) is 0 Å². The molecule has 1 amide bonds. The quantitative estimate of drug-likeness (QED) is 0.817. The summed E-state index contributed by atoms with van der Waals surface area (Å²) in [6, 6.07) is 0. The van der Waals surface area contributed by atoms with Crippen LogP contribution < -0.4 is 0 Å². The number of hydrogen-bond donors (Lipinski definition) is 0. The normalized spacial score (nSPS) is 17.5. The Balaban J connectivity index is 1.77. The molecule has 0 atom stereocenters. The lowest BCUT2D eigenvalue weighted by Crippen LogP contribution is -2.48. The Hall–Kier alpha value is -1.40. The number of hydrogen-bond acceptors (Lipinski definition) is 4. The van der Waals surface area contributed by atoms with E-state index in [0.717, 1.165) is 43.4 Å². The fourth-order valence-electron chi connectivity index (χ4n) is 2.31. The first-order chi connectivity index (χ1) is 8.79. The van der Waals surface area contributed by atoms with Gasteiger partial charge in [-0.05, 0) is 6.54 Å². The molecule has 0 unspecified atom stereocenters. The van der Waals surface area contributed by atoms with Crippen molar-refractivity contribution in [3.8, 4) is 0 Å². The highest BCUT2D eigenvalue weighted by Crippen LogP contribution is 2.17. The van der Waals surface area contributed by atoms with Crippen molar-refractivity contribution in [1.29, 1.82) is 0 Å². The predicted molar refractivity (Wildman–Crippen MR) is 71.1 cm³/mol. The highest BCUT2D eigenvalue weighted by Gasteiger charge is 2.23. The minimum atomic E-state index is 0.120. The summed E-state index contributed by atoms with van der Waals surface area (Å²) >= 11 is 1.51. The number of amides is 1. The summed E-state index contributed by atoms with van der Waals surface area (Å²) in [5, 5.41) is 1.90. The third-order valence-electron chi connectivity index (χ3n) is 3.47. The molecular formula is C12H16N4OS. The van der Waals surface area contributed by atoms with E-state index >= 15 is 0 Å². The molecule has 5 nitrogen and oxygen atoms in total. The molecule has 0 aromatic carbocycles. The van der Waals surface area contributed by atoms with Gasteiger partial charge in [-0.25, -0.2) is 4.98 Å². The van der Waals surface area contributed by atoms with Crippen LogP contribution in [0.15, 0.2) is 17.8 Å². The van der Waals surface area contributed by atoms with E-state index in [1.54, 1.807) is 6.20 Å². The first-order valence-electron chi connectivity index (χ1n) is 6.22. The molecule has 0 spiro atoms. The van der Waals surface area contributed by atoms with Gasteiger partial charge in [-0.2, -0.15) is 0 Å². The minimum Gasteiger partial charge on any atom is -0.335 e. The van der Waals surface area contributed by atoms with Crippen molar-refractivity contribution in [3.05, 3.63) is 23.5 Å². The zero-order valence-corrected chi connectivity index (χ0v) is 11.2. The zero-order chi connectivity index (χ0) is 12.5. The average molecular weight is 264 g/mol. The van der Waals surface area contributed by atoms with Crippen LogP contribution in [0.4, 0.5) is 0 Å². The summed E-state index contributed by atoms with van der Waals surface area (Å²) in [6.45, 7) is 6.80. The van der Waals surface area contributed by atoms with Gasteiger partial charge in [0.15, 0.2) is 4.96 Å². The molecule has 18 heavy (non-hydrogen) atoms. The van der Waals surface area contributed by atoms with Crippen molar-refractivity contribution in [2.75, 3.05) is 32.7 Å². The number of nitrogens with zero attached hydrogens (tertiary/aromatic N) is 4. The van der Waals surface area contributed by atoms with Gasteiger partial charge >= 0.3 is 0 Å². The summed E-state index contributed by atoms with van der Waals surface area (Å²) in [5.41, 5.74) is 0.734. The molecule has 2 aromatic rings. The fraction of sp³-hybridized carbons (Fsp3) is 0.500. The molecule has 2 aromatic heterocycles. The van der Waals surface area contributed by atoms with Crippen LogP contribution in [0.5, 0.6) is 0 Å². The molecular weight excluding hydrogens is 248 g/mol. The second-order valence-corrected chi connectivity index (χ2v) is 5.26. The SMILES string of the molecule is CCN1CCN(C(=O)c2csc3nccn23)CC1. The van der Waals surface area contributed by atoms with Gasteiger partial charge in [0, 0.05) is 44.0 Å². The van der Waals surface area contributed by atoms with E-state index in [-0.39, 0.29) is 5.91 Å². The predicted octanol–water partition coefficient (Wildman–Crippen LogP) is 1.17. The smallest absolute Gasteiger partial charge is 0.271 e. The Morgan fingerprint density at radius 3 is 2.89 bits per heavy atom. The number of aromatic nitrogens is 2. The maximum atomic E-state index is 12.4. The van der Waals surface area contributed by atoms with E-state index < -0.39 is 0 Å². The van der Waals surface area contributed by atoms with Gasteiger partial charge in [-0.3, -0.25) is 9.20 Å². The summed E-state index contributed by atoms with van der Waals surface area (Å²) in [7, 11) is 0. The standard InChI is InChI=1S/C12H16N4OS/c1-2-14-5-7-15(8-6-14)11(17)10-9-18-12-13-3-4-16(10)12/h3-4,9H,2,5-8H2,1H3. The number of carbonyl (C=O) groups is 1. The van der Waals surface area contributed by atoms with Gasteiger partial charge in [0.2, 0.25) is 0 Å². The largest absolute Gasteiger partial charge is 0.335 e. The molecule has 0 aliphatic carbocycles. The lowest BCUT2D eigenvalue weighted by molar-refractivity contribution is 0.0637. The Bertz CT molecular complexity index is 553. The second kappa shape index (κ2) is 4.70. The highest BCUT2D eigenvalue weighted by molar-refractivity contribution is 7.15. The molecule has 0 radical (unpaired) electrons. The maximum absolute atomic E-state index is 12.4. The number of thiazole rings is 1. The summed E-state index contributed by atoms with van der Waals surface area (Å²) in [4.78, 5) is 21.8. The van der Waals surface area contributed by atoms with E-state index in [4.69, 9.17) is 0 Å².